The summed E-state index contributed by atoms with van der Waals surface area (Å²) in [5, 5.41) is 16.1. The molecule has 0 fully saturated rings. The van der Waals surface area contributed by atoms with Crippen molar-refractivity contribution in [2.45, 2.75) is 0 Å². The molecule has 226 valence electrons. The number of pyridine rings is 1. The molecule has 0 bridgehead atoms. The molecule has 0 radical (unpaired) electrons. The second kappa shape index (κ2) is 10.2. The Bertz CT molecular complexity index is 3070. The van der Waals surface area contributed by atoms with Crippen LogP contribution in [0.4, 0.5) is 5.69 Å². The highest BCUT2D eigenvalue weighted by Gasteiger charge is 2.22. The van der Waals surface area contributed by atoms with Gasteiger partial charge in [0.15, 0.2) is 5.69 Å². The largest absolute Gasteiger partial charge is 0.309 e. The van der Waals surface area contributed by atoms with Gasteiger partial charge in [-0.2, -0.15) is 5.26 Å². The van der Waals surface area contributed by atoms with Gasteiger partial charge in [0.05, 0.1) is 51.3 Å². The molecule has 0 amide bonds. The van der Waals surface area contributed by atoms with E-state index in [1.165, 1.54) is 0 Å². The third kappa shape index (κ3) is 3.77. The summed E-state index contributed by atoms with van der Waals surface area (Å²) in [7, 11) is 0. The molecule has 6 aromatic carbocycles. The van der Waals surface area contributed by atoms with Gasteiger partial charge in [-0.1, -0.05) is 66.7 Å². The monoisotopic (exact) mass is 624 g/mol. The Morgan fingerprint density at radius 3 is 1.82 bits per heavy atom. The first-order valence-electron chi connectivity index (χ1n) is 16.1. The fourth-order valence-electron chi connectivity index (χ4n) is 7.68. The molecule has 4 aromatic heterocycles. The van der Waals surface area contributed by atoms with Crippen LogP contribution in [-0.2, 0) is 0 Å². The summed E-state index contributed by atoms with van der Waals surface area (Å²) in [5.74, 6) is 1.56. The summed E-state index contributed by atoms with van der Waals surface area (Å²) in [5.41, 5.74) is 8.57. The second-order valence-electron chi connectivity index (χ2n) is 12.2. The first-order valence-corrected chi connectivity index (χ1v) is 16.1. The summed E-state index contributed by atoms with van der Waals surface area (Å²) in [6, 6.07) is 51.8. The fraction of sp³-hybridized carbons (Fsp3) is 0. The number of aromatic nitrogens is 4. The molecule has 10 rings (SSSR count). The lowest BCUT2D eigenvalue weighted by atomic mass is 10.1. The molecule has 0 N–H and O–H groups in total. The minimum absolute atomic E-state index is 0.596. The molecule has 0 spiro atoms. The number of nitriles is 1. The number of benzene rings is 6. The average molecular weight is 625 g/mol. The lowest BCUT2D eigenvalue weighted by Gasteiger charge is -2.12. The predicted molar refractivity (Wildman–Crippen MR) is 198 cm³/mol. The lowest BCUT2D eigenvalue weighted by molar-refractivity contribution is 1.01. The van der Waals surface area contributed by atoms with Crippen LogP contribution in [0.25, 0.3) is 87.6 Å². The van der Waals surface area contributed by atoms with Gasteiger partial charge in [-0.25, -0.2) is 9.83 Å². The van der Waals surface area contributed by atoms with E-state index in [1.54, 1.807) is 0 Å². The minimum atomic E-state index is 0.596. The van der Waals surface area contributed by atoms with Crippen molar-refractivity contribution in [1.82, 2.24) is 18.7 Å². The zero-order chi connectivity index (χ0) is 32.6. The van der Waals surface area contributed by atoms with Crippen LogP contribution in [0.1, 0.15) is 5.56 Å². The van der Waals surface area contributed by atoms with E-state index in [1.807, 2.05) is 72.8 Å². The van der Waals surface area contributed by atoms with Gasteiger partial charge in [-0.3, -0.25) is 9.13 Å². The standard InChI is InChI=1S/C43H24N6/c1-45-28-19-21-37-33(25-28)43-39(23-22-38-42(43)31-13-6-8-15-35(31)47(38)29-10-3-2-4-11-29)49(37)41-17-9-16-40(46-41)48-34-14-7-5-12-30(34)32-24-27(26-44)18-20-36(32)48/h2-25H. The maximum atomic E-state index is 9.64. The molecule has 0 aliphatic rings. The molecular formula is C43H24N6. The summed E-state index contributed by atoms with van der Waals surface area (Å²) in [4.78, 5) is 9.15. The normalized spacial score (nSPS) is 11.6. The van der Waals surface area contributed by atoms with Crippen molar-refractivity contribution in [2.24, 2.45) is 0 Å². The number of fused-ring (bicyclic) bond motifs is 10. The van der Waals surface area contributed by atoms with Gasteiger partial charge in [0.1, 0.15) is 11.6 Å². The summed E-state index contributed by atoms with van der Waals surface area (Å²) in [6.45, 7) is 7.86. The molecule has 6 nitrogen and oxygen atoms in total. The SMILES string of the molecule is [C-]#[N+]c1ccc2c(c1)c1c3c4ccccc4n(-c4ccccc4)c3ccc1n2-c1cccc(-n2c3ccccc3c3cc(C#N)ccc32)n1. The van der Waals surface area contributed by atoms with Crippen LogP contribution in [0.2, 0.25) is 0 Å². The Balaban J connectivity index is 1.30. The molecule has 0 unspecified atom stereocenters. The molecule has 0 saturated carbocycles. The highest BCUT2D eigenvalue weighted by molar-refractivity contribution is 6.29. The van der Waals surface area contributed by atoms with Gasteiger partial charge >= 0.3 is 0 Å². The van der Waals surface area contributed by atoms with Gasteiger partial charge < -0.3 is 4.57 Å². The van der Waals surface area contributed by atoms with Crippen LogP contribution in [0.5, 0.6) is 0 Å². The smallest absolute Gasteiger partial charge is 0.188 e. The molecular weight excluding hydrogens is 601 g/mol. The van der Waals surface area contributed by atoms with Crippen molar-refractivity contribution in [3.8, 4) is 23.4 Å². The third-order valence-corrected chi connectivity index (χ3v) is 9.67. The van der Waals surface area contributed by atoms with Crippen molar-refractivity contribution in [2.75, 3.05) is 0 Å². The highest BCUT2D eigenvalue weighted by Crippen LogP contribution is 2.43. The first-order chi connectivity index (χ1) is 24.2. The van der Waals surface area contributed by atoms with Crippen molar-refractivity contribution in [3.05, 3.63) is 163 Å². The van der Waals surface area contributed by atoms with E-state index in [2.05, 4.69) is 97.4 Å². The molecule has 0 aliphatic heterocycles. The zero-order valence-corrected chi connectivity index (χ0v) is 26.0. The van der Waals surface area contributed by atoms with Gasteiger partial charge in [0, 0.05) is 32.6 Å². The van der Waals surface area contributed by atoms with Crippen LogP contribution in [0.15, 0.2) is 146 Å². The second-order valence-corrected chi connectivity index (χ2v) is 12.2. The van der Waals surface area contributed by atoms with Crippen LogP contribution < -0.4 is 0 Å². The number of hydrogen-bond acceptors (Lipinski definition) is 2. The van der Waals surface area contributed by atoms with E-state index in [9.17, 15) is 5.26 Å². The predicted octanol–water partition coefficient (Wildman–Crippen LogP) is 10.8. The van der Waals surface area contributed by atoms with E-state index in [-0.39, 0.29) is 0 Å². The number of rotatable bonds is 3. The topological polar surface area (TPSA) is 55.8 Å². The van der Waals surface area contributed by atoms with Crippen LogP contribution in [0, 0.1) is 17.9 Å². The molecule has 0 atom stereocenters. The molecule has 4 heterocycles. The van der Waals surface area contributed by atoms with Gasteiger partial charge in [-0.05, 0) is 84.2 Å². The van der Waals surface area contributed by atoms with Crippen molar-refractivity contribution in [1.29, 1.82) is 5.26 Å². The number of nitrogens with zero attached hydrogens (tertiary/aromatic N) is 6. The molecule has 0 saturated heterocycles. The maximum absolute atomic E-state index is 9.64. The van der Waals surface area contributed by atoms with Crippen LogP contribution in [0.3, 0.4) is 0 Å². The molecule has 6 heteroatoms. The van der Waals surface area contributed by atoms with Crippen LogP contribution >= 0.6 is 0 Å². The van der Waals surface area contributed by atoms with Gasteiger partial charge in [0.25, 0.3) is 0 Å². The quantitative estimate of drug-likeness (QED) is 0.184. The van der Waals surface area contributed by atoms with Crippen molar-refractivity contribution in [3.63, 3.8) is 0 Å². The van der Waals surface area contributed by atoms with Crippen molar-refractivity contribution < 1.29 is 0 Å². The van der Waals surface area contributed by atoms with E-state index in [0.29, 0.717) is 11.3 Å². The fourth-order valence-corrected chi connectivity index (χ4v) is 7.68. The average Bonchev–Trinajstić information content (AvgIpc) is 3.80. The van der Waals surface area contributed by atoms with E-state index in [4.69, 9.17) is 11.6 Å². The molecule has 0 aliphatic carbocycles. The number of para-hydroxylation sites is 3. The van der Waals surface area contributed by atoms with E-state index in [0.717, 1.165) is 82.7 Å². The number of hydrogen-bond donors (Lipinski definition) is 0. The minimum Gasteiger partial charge on any atom is -0.309 e. The summed E-state index contributed by atoms with van der Waals surface area (Å²) >= 11 is 0. The van der Waals surface area contributed by atoms with Crippen molar-refractivity contribution >= 4 is 71.1 Å². The Hall–Kier alpha value is -7.15. The van der Waals surface area contributed by atoms with Crippen LogP contribution in [-0.4, -0.2) is 18.7 Å². The summed E-state index contributed by atoms with van der Waals surface area (Å²) < 4.78 is 6.72. The lowest BCUT2D eigenvalue weighted by Crippen LogP contribution is -2.03. The molecule has 49 heavy (non-hydrogen) atoms. The summed E-state index contributed by atoms with van der Waals surface area (Å²) in [6.07, 6.45) is 0. The maximum Gasteiger partial charge on any atom is 0.188 e. The van der Waals surface area contributed by atoms with E-state index >= 15 is 0 Å². The van der Waals surface area contributed by atoms with Gasteiger partial charge in [-0.15, -0.1) is 0 Å². The Morgan fingerprint density at radius 1 is 0.490 bits per heavy atom. The first kappa shape index (κ1) is 27.0. The Morgan fingerprint density at radius 2 is 1.06 bits per heavy atom. The Kier molecular flexibility index (Phi) is 5.61. The molecule has 10 aromatic rings. The zero-order valence-electron chi connectivity index (χ0n) is 26.0. The van der Waals surface area contributed by atoms with E-state index < -0.39 is 0 Å². The Labute approximate surface area is 280 Å². The highest BCUT2D eigenvalue weighted by atomic mass is 15.1. The third-order valence-electron chi connectivity index (χ3n) is 9.67. The van der Waals surface area contributed by atoms with Gasteiger partial charge in [0.2, 0.25) is 0 Å².